The second-order valence-corrected chi connectivity index (χ2v) is 6.70. The van der Waals surface area contributed by atoms with Gasteiger partial charge in [0.2, 0.25) is 5.91 Å². The highest BCUT2D eigenvalue weighted by Crippen LogP contribution is 2.16. The summed E-state index contributed by atoms with van der Waals surface area (Å²) in [6.45, 7) is 0.177. The smallest absolute Gasteiger partial charge is 0.352 e. The fraction of sp³-hybridized carbons (Fsp3) is 0.158. The summed E-state index contributed by atoms with van der Waals surface area (Å²) in [5.41, 5.74) is 1.29. The van der Waals surface area contributed by atoms with E-state index in [9.17, 15) is 14.0 Å². The number of nitrogens with zero attached hydrogens (tertiary/aromatic N) is 4. The van der Waals surface area contributed by atoms with Crippen molar-refractivity contribution in [1.82, 2.24) is 24.5 Å². The second kappa shape index (κ2) is 7.40. The average molecular weight is 400 g/mol. The van der Waals surface area contributed by atoms with Crippen molar-refractivity contribution in [3.8, 4) is 0 Å². The number of rotatable bonds is 5. The Morgan fingerprint density at radius 1 is 1.18 bits per heavy atom. The third-order valence-electron chi connectivity index (χ3n) is 4.32. The third-order valence-corrected chi connectivity index (χ3v) is 4.58. The van der Waals surface area contributed by atoms with E-state index >= 15 is 0 Å². The molecule has 0 aliphatic rings. The molecule has 0 radical (unpaired) electrons. The van der Waals surface area contributed by atoms with Crippen LogP contribution in [0.5, 0.6) is 0 Å². The zero-order chi connectivity index (χ0) is 19.7. The standard InChI is InChI=1S/C19H15ClFN5O2/c20-13-3-1-12(2-4-13)7-8-22-17(27)10-26-19(28)25-11-23-16-6-5-14(21)9-15(16)18(25)24-26/h1-6,9,11H,7-8,10H2,(H,22,27). The van der Waals surface area contributed by atoms with Gasteiger partial charge in [-0.25, -0.2) is 23.3 Å². The first-order valence-electron chi connectivity index (χ1n) is 8.56. The molecule has 9 heteroatoms. The Labute approximate surface area is 163 Å². The fourth-order valence-electron chi connectivity index (χ4n) is 2.92. The van der Waals surface area contributed by atoms with Crippen molar-refractivity contribution in [2.24, 2.45) is 0 Å². The number of amides is 1. The van der Waals surface area contributed by atoms with Crippen molar-refractivity contribution in [2.75, 3.05) is 6.54 Å². The van der Waals surface area contributed by atoms with Crippen LogP contribution >= 0.6 is 11.6 Å². The summed E-state index contributed by atoms with van der Waals surface area (Å²) in [5.74, 6) is -0.799. The molecule has 0 fully saturated rings. The van der Waals surface area contributed by atoms with Crippen LogP contribution in [-0.2, 0) is 17.8 Å². The maximum absolute atomic E-state index is 13.6. The molecule has 0 bridgehead atoms. The Kier molecular flexibility index (Phi) is 4.79. The van der Waals surface area contributed by atoms with Gasteiger partial charge in [-0.1, -0.05) is 23.7 Å². The molecule has 2 aromatic heterocycles. The van der Waals surface area contributed by atoms with Crippen molar-refractivity contribution in [2.45, 2.75) is 13.0 Å². The van der Waals surface area contributed by atoms with Crippen LogP contribution in [-0.4, -0.2) is 31.6 Å². The highest BCUT2D eigenvalue weighted by Gasteiger charge is 2.14. The van der Waals surface area contributed by atoms with Crippen molar-refractivity contribution < 1.29 is 9.18 Å². The minimum Gasteiger partial charge on any atom is -0.354 e. The predicted octanol–water partition coefficient (Wildman–Crippen LogP) is 2.20. The molecular weight excluding hydrogens is 385 g/mol. The summed E-state index contributed by atoms with van der Waals surface area (Å²) in [7, 11) is 0. The Hall–Kier alpha value is -3.26. The molecule has 0 atom stereocenters. The largest absolute Gasteiger partial charge is 0.354 e. The lowest BCUT2D eigenvalue weighted by Gasteiger charge is -2.05. The van der Waals surface area contributed by atoms with Crippen LogP contribution in [0.4, 0.5) is 4.39 Å². The molecule has 0 unspecified atom stereocenters. The molecule has 7 nitrogen and oxygen atoms in total. The lowest BCUT2D eigenvalue weighted by atomic mass is 10.1. The number of hydrogen-bond donors (Lipinski definition) is 1. The van der Waals surface area contributed by atoms with Crippen molar-refractivity contribution >= 4 is 34.1 Å². The minimum atomic E-state index is -0.512. The first-order valence-corrected chi connectivity index (χ1v) is 8.93. The SMILES string of the molecule is O=C(Cn1nc2c3cc(F)ccc3ncn2c1=O)NCCc1ccc(Cl)cc1. The van der Waals surface area contributed by atoms with Crippen molar-refractivity contribution in [3.63, 3.8) is 0 Å². The topological polar surface area (TPSA) is 81.3 Å². The number of fused-ring (bicyclic) bond motifs is 3. The van der Waals surface area contributed by atoms with E-state index < -0.39 is 11.5 Å². The number of carbonyl (C=O) groups excluding carboxylic acids is 1. The molecule has 0 spiro atoms. The zero-order valence-electron chi connectivity index (χ0n) is 14.6. The molecule has 1 N–H and O–H groups in total. The lowest BCUT2D eigenvalue weighted by molar-refractivity contribution is -0.121. The van der Waals surface area contributed by atoms with Crippen LogP contribution < -0.4 is 11.0 Å². The number of hydrogen-bond acceptors (Lipinski definition) is 4. The first kappa shape index (κ1) is 18.1. The number of carbonyl (C=O) groups is 1. The van der Waals surface area contributed by atoms with Crippen LogP contribution in [0.1, 0.15) is 5.56 Å². The van der Waals surface area contributed by atoms with Crippen LogP contribution in [0.3, 0.4) is 0 Å². The van der Waals surface area contributed by atoms with E-state index in [4.69, 9.17) is 11.6 Å². The van der Waals surface area contributed by atoms with Gasteiger partial charge >= 0.3 is 5.69 Å². The predicted molar refractivity (Wildman–Crippen MR) is 103 cm³/mol. The van der Waals surface area contributed by atoms with Gasteiger partial charge in [0, 0.05) is 17.0 Å². The monoisotopic (exact) mass is 399 g/mol. The average Bonchev–Trinajstić information content (AvgIpc) is 2.99. The van der Waals surface area contributed by atoms with Gasteiger partial charge < -0.3 is 5.32 Å². The van der Waals surface area contributed by atoms with Crippen LogP contribution in [0.15, 0.2) is 53.6 Å². The van der Waals surface area contributed by atoms with E-state index in [0.29, 0.717) is 28.9 Å². The molecule has 0 aliphatic heterocycles. The Morgan fingerprint density at radius 3 is 2.75 bits per heavy atom. The summed E-state index contributed by atoms with van der Waals surface area (Å²) in [4.78, 5) is 28.8. The lowest BCUT2D eigenvalue weighted by Crippen LogP contribution is -2.33. The summed E-state index contributed by atoms with van der Waals surface area (Å²) in [5, 5.41) is 8.00. The second-order valence-electron chi connectivity index (χ2n) is 6.27. The van der Waals surface area contributed by atoms with Gasteiger partial charge in [-0.2, -0.15) is 0 Å². The molecule has 0 saturated heterocycles. The molecule has 4 aromatic rings. The highest BCUT2D eigenvalue weighted by molar-refractivity contribution is 6.30. The van der Waals surface area contributed by atoms with Gasteiger partial charge in [0.1, 0.15) is 18.7 Å². The van der Waals surface area contributed by atoms with E-state index in [-0.39, 0.29) is 18.1 Å². The van der Waals surface area contributed by atoms with Crippen LogP contribution in [0.25, 0.3) is 16.6 Å². The third kappa shape index (κ3) is 3.59. The number of halogens is 2. The van der Waals surface area contributed by atoms with E-state index in [1.165, 1.54) is 28.9 Å². The molecule has 0 aliphatic carbocycles. The maximum atomic E-state index is 13.6. The molecule has 28 heavy (non-hydrogen) atoms. The Bertz CT molecular complexity index is 1230. The molecule has 2 aromatic carbocycles. The zero-order valence-corrected chi connectivity index (χ0v) is 15.4. The van der Waals surface area contributed by atoms with Crippen LogP contribution in [0.2, 0.25) is 5.02 Å². The normalized spacial score (nSPS) is 11.2. The Balaban J connectivity index is 1.49. The summed E-state index contributed by atoms with van der Waals surface area (Å²) >= 11 is 5.84. The summed E-state index contributed by atoms with van der Waals surface area (Å²) < 4.78 is 15.8. The molecule has 0 saturated carbocycles. The summed E-state index contributed by atoms with van der Waals surface area (Å²) in [6, 6.07) is 11.4. The minimum absolute atomic E-state index is 0.238. The van der Waals surface area contributed by atoms with Gasteiger partial charge in [0.05, 0.1) is 5.52 Å². The summed E-state index contributed by atoms with van der Waals surface area (Å²) in [6.07, 6.45) is 1.96. The van der Waals surface area contributed by atoms with E-state index in [1.807, 2.05) is 12.1 Å². The van der Waals surface area contributed by atoms with E-state index in [2.05, 4.69) is 15.4 Å². The maximum Gasteiger partial charge on any atom is 0.352 e. The molecule has 2 heterocycles. The molecule has 1 amide bonds. The van der Waals surface area contributed by atoms with E-state index in [0.717, 1.165) is 10.2 Å². The van der Waals surface area contributed by atoms with Gasteiger partial charge in [-0.05, 0) is 42.3 Å². The fourth-order valence-corrected chi connectivity index (χ4v) is 3.05. The van der Waals surface area contributed by atoms with Gasteiger partial charge in [0.15, 0.2) is 5.65 Å². The molecular formula is C19H15ClFN5O2. The number of aromatic nitrogens is 4. The molecule has 142 valence electrons. The van der Waals surface area contributed by atoms with E-state index in [1.54, 1.807) is 12.1 Å². The molecule has 4 rings (SSSR count). The van der Waals surface area contributed by atoms with Gasteiger partial charge in [-0.15, -0.1) is 5.10 Å². The quantitative estimate of drug-likeness (QED) is 0.558. The number of nitrogens with one attached hydrogen (secondary N) is 1. The van der Waals surface area contributed by atoms with Crippen molar-refractivity contribution in [3.05, 3.63) is 75.7 Å². The van der Waals surface area contributed by atoms with Crippen LogP contribution in [0, 0.1) is 5.82 Å². The van der Waals surface area contributed by atoms with Crippen molar-refractivity contribution in [1.29, 1.82) is 0 Å². The highest BCUT2D eigenvalue weighted by atomic mass is 35.5. The Morgan fingerprint density at radius 2 is 1.96 bits per heavy atom. The van der Waals surface area contributed by atoms with Gasteiger partial charge in [0.25, 0.3) is 0 Å². The van der Waals surface area contributed by atoms with Gasteiger partial charge in [-0.3, -0.25) is 4.79 Å². The first-order chi connectivity index (χ1) is 13.5. The number of benzene rings is 2.